The molecule has 29 heavy (non-hydrogen) atoms. The summed E-state index contributed by atoms with van der Waals surface area (Å²) in [6, 6.07) is 11.9. The predicted molar refractivity (Wildman–Crippen MR) is 115 cm³/mol. The molecule has 1 atom stereocenters. The summed E-state index contributed by atoms with van der Waals surface area (Å²) in [7, 11) is 0. The van der Waals surface area contributed by atoms with Crippen LogP contribution in [0, 0.1) is 6.92 Å². The Bertz CT molecular complexity index is 894. The number of hydrogen-bond acceptors (Lipinski definition) is 5. The van der Waals surface area contributed by atoms with Gasteiger partial charge in [0.15, 0.2) is 17.8 Å². The highest BCUT2D eigenvalue weighted by Crippen LogP contribution is 2.28. The van der Waals surface area contributed by atoms with E-state index in [2.05, 4.69) is 16.2 Å². The van der Waals surface area contributed by atoms with Gasteiger partial charge in [-0.2, -0.15) is 0 Å². The van der Waals surface area contributed by atoms with Crippen molar-refractivity contribution in [1.82, 2.24) is 16.2 Å². The smallest absolute Gasteiger partial charge is 0.279 e. The van der Waals surface area contributed by atoms with Gasteiger partial charge in [-0.3, -0.25) is 25.8 Å². The number of hydrogen-bond donors (Lipinski definition) is 3. The number of thiocarbonyl (C=S) groups is 1. The standard InChI is InChI=1S/C19H19Cl2N3O4S/c1-11-3-6-14(7-4-11)27-10-17(25)22-19(29)24-23-18(26)12(2)28-16-8-5-13(20)9-15(16)21/h3-9,12H,10H2,1-2H3,(H,23,26)(H2,22,24,25,29). The Balaban J connectivity index is 1.72. The maximum Gasteiger partial charge on any atom is 0.279 e. The molecule has 0 saturated heterocycles. The molecule has 1 unspecified atom stereocenters. The lowest BCUT2D eigenvalue weighted by Crippen LogP contribution is -2.52. The average molecular weight is 456 g/mol. The summed E-state index contributed by atoms with van der Waals surface area (Å²) >= 11 is 16.8. The molecule has 2 aromatic rings. The number of amides is 2. The molecule has 0 aliphatic carbocycles. The van der Waals surface area contributed by atoms with Crippen LogP contribution >= 0.6 is 35.4 Å². The van der Waals surface area contributed by atoms with Crippen molar-refractivity contribution in [3.8, 4) is 11.5 Å². The van der Waals surface area contributed by atoms with Crippen LogP contribution in [0.1, 0.15) is 12.5 Å². The molecule has 0 heterocycles. The molecule has 0 radical (unpaired) electrons. The molecule has 2 amide bonds. The van der Waals surface area contributed by atoms with Gasteiger partial charge in [-0.15, -0.1) is 0 Å². The number of rotatable bonds is 6. The molecule has 0 aliphatic rings. The minimum absolute atomic E-state index is 0.0902. The van der Waals surface area contributed by atoms with E-state index >= 15 is 0 Å². The maximum absolute atomic E-state index is 12.1. The lowest BCUT2D eigenvalue weighted by atomic mass is 10.2. The van der Waals surface area contributed by atoms with Gasteiger partial charge >= 0.3 is 0 Å². The van der Waals surface area contributed by atoms with Gasteiger partial charge in [-0.1, -0.05) is 40.9 Å². The first-order valence-corrected chi connectivity index (χ1v) is 9.62. The number of nitrogens with one attached hydrogen (secondary N) is 3. The maximum atomic E-state index is 12.1. The molecule has 2 aromatic carbocycles. The van der Waals surface area contributed by atoms with Gasteiger partial charge in [-0.05, 0) is 56.4 Å². The van der Waals surface area contributed by atoms with Gasteiger partial charge in [0, 0.05) is 5.02 Å². The van der Waals surface area contributed by atoms with Crippen LogP contribution in [0.5, 0.6) is 11.5 Å². The number of aryl methyl sites for hydroxylation is 1. The molecule has 0 saturated carbocycles. The molecule has 0 aromatic heterocycles. The highest BCUT2D eigenvalue weighted by atomic mass is 35.5. The molecule has 3 N–H and O–H groups in total. The van der Waals surface area contributed by atoms with Crippen molar-refractivity contribution in [3.63, 3.8) is 0 Å². The number of ether oxygens (including phenoxy) is 2. The zero-order chi connectivity index (χ0) is 21.4. The second-order valence-corrected chi connectivity index (χ2v) is 7.18. The number of benzene rings is 2. The summed E-state index contributed by atoms with van der Waals surface area (Å²) in [4.78, 5) is 23.9. The first kappa shape index (κ1) is 22.7. The lowest BCUT2D eigenvalue weighted by molar-refractivity contribution is -0.128. The minimum atomic E-state index is -0.885. The van der Waals surface area contributed by atoms with E-state index in [0.29, 0.717) is 16.5 Å². The zero-order valence-corrected chi connectivity index (χ0v) is 18.0. The number of halogens is 2. The molecule has 0 bridgehead atoms. The van der Waals surface area contributed by atoms with Crippen LogP contribution in [0.2, 0.25) is 10.0 Å². The summed E-state index contributed by atoms with van der Waals surface area (Å²) < 4.78 is 10.8. The average Bonchev–Trinajstić information content (AvgIpc) is 2.67. The SMILES string of the molecule is Cc1ccc(OCC(=O)NC(=S)NNC(=O)C(C)Oc2ccc(Cl)cc2Cl)cc1. The number of hydrazine groups is 1. The Morgan fingerprint density at radius 2 is 1.79 bits per heavy atom. The number of carbonyl (C=O) groups excluding carboxylic acids is 2. The van der Waals surface area contributed by atoms with Gasteiger partial charge in [0.1, 0.15) is 11.5 Å². The van der Waals surface area contributed by atoms with E-state index in [1.807, 2.05) is 19.1 Å². The third kappa shape index (κ3) is 7.77. The Kier molecular flexibility index (Phi) is 8.50. The highest BCUT2D eigenvalue weighted by Gasteiger charge is 2.17. The van der Waals surface area contributed by atoms with Gasteiger partial charge in [0.05, 0.1) is 5.02 Å². The van der Waals surface area contributed by atoms with Gasteiger partial charge < -0.3 is 9.47 Å². The van der Waals surface area contributed by atoms with E-state index in [-0.39, 0.29) is 16.7 Å². The molecule has 10 heteroatoms. The Hall–Kier alpha value is -2.55. The molecule has 0 spiro atoms. The fraction of sp³-hybridized carbons (Fsp3) is 0.211. The monoisotopic (exact) mass is 455 g/mol. The summed E-state index contributed by atoms with van der Waals surface area (Å²) in [5.74, 6) is -0.134. The molecule has 2 rings (SSSR count). The molecule has 0 fully saturated rings. The van der Waals surface area contributed by atoms with E-state index in [1.165, 1.54) is 13.0 Å². The summed E-state index contributed by atoms with van der Waals surface area (Å²) in [6.07, 6.45) is -0.885. The Labute approximate surface area is 183 Å². The van der Waals surface area contributed by atoms with Gasteiger partial charge in [0.25, 0.3) is 11.8 Å². The van der Waals surface area contributed by atoms with Crippen LogP contribution in [0.3, 0.4) is 0 Å². The van der Waals surface area contributed by atoms with Crippen molar-refractivity contribution in [2.24, 2.45) is 0 Å². The van der Waals surface area contributed by atoms with Gasteiger partial charge in [-0.25, -0.2) is 0 Å². The largest absolute Gasteiger partial charge is 0.484 e. The summed E-state index contributed by atoms with van der Waals surface area (Å²) in [5.41, 5.74) is 5.84. The van der Waals surface area contributed by atoms with Crippen LogP contribution in [0.4, 0.5) is 0 Å². The summed E-state index contributed by atoms with van der Waals surface area (Å²) in [5, 5.41) is 3.03. The van der Waals surface area contributed by atoms with Crippen molar-refractivity contribution < 1.29 is 19.1 Å². The Morgan fingerprint density at radius 1 is 1.10 bits per heavy atom. The topological polar surface area (TPSA) is 88.7 Å². The third-order valence-corrected chi connectivity index (χ3v) is 4.24. The zero-order valence-electron chi connectivity index (χ0n) is 15.6. The van der Waals surface area contributed by atoms with Crippen molar-refractivity contribution in [1.29, 1.82) is 0 Å². The van der Waals surface area contributed by atoms with Crippen LogP contribution in [-0.4, -0.2) is 29.6 Å². The van der Waals surface area contributed by atoms with Crippen LogP contribution in [0.25, 0.3) is 0 Å². The first-order chi connectivity index (χ1) is 13.7. The molecular weight excluding hydrogens is 437 g/mol. The molecule has 7 nitrogen and oxygen atoms in total. The van der Waals surface area contributed by atoms with E-state index in [0.717, 1.165) is 5.56 Å². The Morgan fingerprint density at radius 3 is 2.45 bits per heavy atom. The first-order valence-electron chi connectivity index (χ1n) is 8.45. The van der Waals surface area contributed by atoms with E-state index in [4.69, 9.17) is 44.9 Å². The van der Waals surface area contributed by atoms with Crippen LogP contribution < -0.4 is 25.6 Å². The minimum Gasteiger partial charge on any atom is -0.484 e. The lowest BCUT2D eigenvalue weighted by Gasteiger charge is -2.17. The normalized spacial score (nSPS) is 11.2. The van der Waals surface area contributed by atoms with E-state index < -0.39 is 17.9 Å². The van der Waals surface area contributed by atoms with Crippen molar-refractivity contribution in [3.05, 3.63) is 58.1 Å². The van der Waals surface area contributed by atoms with E-state index in [1.54, 1.807) is 24.3 Å². The van der Waals surface area contributed by atoms with Crippen LogP contribution in [0.15, 0.2) is 42.5 Å². The summed E-state index contributed by atoms with van der Waals surface area (Å²) in [6.45, 7) is 3.25. The molecule has 0 aliphatic heterocycles. The number of carbonyl (C=O) groups is 2. The van der Waals surface area contributed by atoms with Crippen molar-refractivity contribution >= 4 is 52.3 Å². The molecular formula is C19H19Cl2N3O4S. The fourth-order valence-electron chi connectivity index (χ4n) is 2.01. The second kappa shape index (κ2) is 10.8. The predicted octanol–water partition coefficient (Wildman–Crippen LogP) is 3.17. The van der Waals surface area contributed by atoms with Crippen molar-refractivity contribution in [2.75, 3.05) is 6.61 Å². The third-order valence-electron chi connectivity index (χ3n) is 3.51. The van der Waals surface area contributed by atoms with E-state index in [9.17, 15) is 9.59 Å². The fourth-order valence-corrected chi connectivity index (χ4v) is 2.63. The second-order valence-electron chi connectivity index (χ2n) is 5.93. The quantitative estimate of drug-likeness (QED) is 0.457. The van der Waals surface area contributed by atoms with Crippen molar-refractivity contribution in [2.45, 2.75) is 20.0 Å². The highest BCUT2D eigenvalue weighted by molar-refractivity contribution is 7.80. The molecule has 154 valence electrons. The van der Waals surface area contributed by atoms with Gasteiger partial charge in [0.2, 0.25) is 0 Å². The van der Waals surface area contributed by atoms with Crippen LogP contribution in [-0.2, 0) is 9.59 Å².